The highest BCUT2D eigenvalue weighted by molar-refractivity contribution is 5.42. The lowest BCUT2D eigenvalue weighted by Crippen LogP contribution is -2.24. The zero-order chi connectivity index (χ0) is 13.6. The lowest BCUT2D eigenvalue weighted by atomic mass is 10.3. The third-order valence-corrected chi connectivity index (χ3v) is 1.94. The number of hydroxylamine groups is 1. The molecule has 0 radical (unpaired) electrons. The summed E-state index contributed by atoms with van der Waals surface area (Å²) in [6.07, 6.45) is -2.92. The van der Waals surface area contributed by atoms with Crippen molar-refractivity contribution in [2.24, 2.45) is 0 Å². The topological polar surface area (TPSA) is 52.6 Å². The molecule has 0 fully saturated rings. The molecule has 0 saturated heterocycles. The molecule has 0 spiro atoms. The van der Waals surface area contributed by atoms with E-state index in [4.69, 9.17) is 9.47 Å². The minimum atomic E-state index is -4.38. The minimum absolute atomic E-state index is 0.0313. The second-order valence-corrected chi connectivity index (χ2v) is 3.22. The van der Waals surface area contributed by atoms with Gasteiger partial charge in [0.1, 0.15) is 5.69 Å². The lowest BCUT2D eigenvalue weighted by molar-refractivity contribution is -0.190. The monoisotopic (exact) mass is 266 g/mol. The fourth-order valence-electron chi connectivity index (χ4n) is 1.23. The third kappa shape index (κ3) is 4.38. The molecule has 0 aliphatic carbocycles. The van der Waals surface area contributed by atoms with E-state index in [0.717, 1.165) is 0 Å². The average Bonchev–Trinajstić information content (AvgIpc) is 2.32. The molecule has 1 aromatic heterocycles. The van der Waals surface area contributed by atoms with E-state index >= 15 is 0 Å². The van der Waals surface area contributed by atoms with Gasteiger partial charge in [0.15, 0.2) is 18.1 Å². The quantitative estimate of drug-likeness (QED) is 0.627. The number of nitrogens with one attached hydrogen (secondary N) is 1. The molecule has 0 amide bonds. The number of rotatable bonds is 6. The van der Waals surface area contributed by atoms with Crippen molar-refractivity contribution in [3.05, 3.63) is 18.0 Å². The second kappa shape index (κ2) is 6.41. The molecule has 5 nitrogen and oxygen atoms in total. The Bertz CT molecular complexity index is 385. The lowest BCUT2D eigenvalue weighted by Gasteiger charge is -2.12. The SMILES string of the molecule is COc1ccnc(CNOCC(F)(F)F)c1OC. The van der Waals surface area contributed by atoms with Gasteiger partial charge in [0.25, 0.3) is 0 Å². The first-order chi connectivity index (χ1) is 8.48. The van der Waals surface area contributed by atoms with E-state index in [1.165, 1.54) is 20.4 Å². The zero-order valence-corrected chi connectivity index (χ0v) is 9.87. The standard InChI is InChI=1S/C10H13F3N2O3/c1-16-8-3-4-14-7(9(8)17-2)5-15-18-6-10(11,12)13/h3-4,15H,5-6H2,1-2H3. The first-order valence-electron chi connectivity index (χ1n) is 4.95. The molecule has 18 heavy (non-hydrogen) atoms. The van der Waals surface area contributed by atoms with Crippen LogP contribution in [0.15, 0.2) is 12.3 Å². The number of methoxy groups -OCH3 is 2. The first kappa shape index (κ1) is 14.5. The van der Waals surface area contributed by atoms with Crippen molar-refractivity contribution >= 4 is 0 Å². The van der Waals surface area contributed by atoms with Gasteiger partial charge < -0.3 is 9.47 Å². The molecule has 1 N–H and O–H groups in total. The third-order valence-electron chi connectivity index (χ3n) is 1.94. The number of ether oxygens (including phenoxy) is 2. The summed E-state index contributed by atoms with van der Waals surface area (Å²) in [7, 11) is 2.87. The highest BCUT2D eigenvalue weighted by Crippen LogP contribution is 2.28. The summed E-state index contributed by atoms with van der Waals surface area (Å²) < 4.78 is 45.5. The maximum Gasteiger partial charge on any atom is 0.413 e. The van der Waals surface area contributed by atoms with Crippen LogP contribution in [0, 0.1) is 0 Å². The maximum atomic E-state index is 11.8. The minimum Gasteiger partial charge on any atom is -0.493 e. The summed E-state index contributed by atoms with van der Waals surface area (Å²) >= 11 is 0. The van der Waals surface area contributed by atoms with Gasteiger partial charge in [-0.2, -0.15) is 18.7 Å². The van der Waals surface area contributed by atoms with Gasteiger partial charge in [-0.1, -0.05) is 0 Å². The summed E-state index contributed by atoms with van der Waals surface area (Å²) in [5, 5.41) is 0. The number of alkyl halides is 3. The molecule has 0 aromatic carbocycles. The number of pyridine rings is 1. The van der Waals surface area contributed by atoms with Gasteiger partial charge in [0.2, 0.25) is 0 Å². The van der Waals surface area contributed by atoms with Crippen molar-refractivity contribution in [3.63, 3.8) is 0 Å². The van der Waals surface area contributed by atoms with Crippen molar-refractivity contribution in [1.82, 2.24) is 10.5 Å². The van der Waals surface area contributed by atoms with Crippen molar-refractivity contribution in [1.29, 1.82) is 0 Å². The van der Waals surface area contributed by atoms with Crippen LogP contribution in [0.1, 0.15) is 5.69 Å². The number of aromatic nitrogens is 1. The Hall–Kier alpha value is -1.54. The number of halogens is 3. The van der Waals surface area contributed by atoms with E-state index < -0.39 is 12.8 Å². The van der Waals surface area contributed by atoms with E-state index in [9.17, 15) is 13.2 Å². The molecule has 8 heteroatoms. The second-order valence-electron chi connectivity index (χ2n) is 3.22. The normalized spacial score (nSPS) is 11.4. The Balaban J connectivity index is 2.57. The number of hydrogen-bond donors (Lipinski definition) is 1. The van der Waals surface area contributed by atoms with Crippen LogP contribution in [0.4, 0.5) is 13.2 Å². The molecular formula is C10H13F3N2O3. The fraction of sp³-hybridized carbons (Fsp3) is 0.500. The number of nitrogens with zero attached hydrogens (tertiary/aromatic N) is 1. The largest absolute Gasteiger partial charge is 0.493 e. The zero-order valence-electron chi connectivity index (χ0n) is 9.87. The van der Waals surface area contributed by atoms with Crippen molar-refractivity contribution in [2.75, 3.05) is 20.8 Å². The average molecular weight is 266 g/mol. The fourth-order valence-corrected chi connectivity index (χ4v) is 1.23. The van der Waals surface area contributed by atoms with Crippen LogP contribution >= 0.6 is 0 Å². The number of hydrogen-bond acceptors (Lipinski definition) is 5. The Labute approximate surface area is 102 Å². The van der Waals surface area contributed by atoms with Gasteiger partial charge in [-0.05, 0) is 0 Å². The molecule has 0 aliphatic heterocycles. The van der Waals surface area contributed by atoms with Gasteiger partial charge in [0.05, 0.1) is 20.8 Å². The van der Waals surface area contributed by atoms with Crippen molar-refractivity contribution in [3.8, 4) is 11.5 Å². The maximum absolute atomic E-state index is 11.8. The Morgan fingerprint density at radius 3 is 2.56 bits per heavy atom. The van der Waals surface area contributed by atoms with E-state index in [2.05, 4.69) is 15.3 Å². The van der Waals surface area contributed by atoms with Gasteiger partial charge in [0, 0.05) is 12.3 Å². The van der Waals surface area contributed by atoms with Crippen LogP contribution in [0.5, 0.6) is 11.5 Å². The van der Waals surface area contributed by atoms with Gasteiger partial charge in [-0.25, -0.2) is 0 Å². The molecule has 1 heterocycles. The van der Waals surface area contributed by atoms with Crippen molar-refractivity contribution < 1.29 is 27.5 Å². The van der Waals surface area contributed by atoms with E-state index in [-0.39, 0.29) is 6.54 Å². The van der Waals surface area contributed by atoms with Crippen LogP contribution < -0.4 is 15.0 Å². The molecule has 0 unspecified atom stereocenters. The van der Waals surface area contributed by atoms with Gasteiger partial charge >= 0.3 is 6.18 Å². The molecule has 1 aromatic rings. The molecular weight excluding hydrogens is 253 g/mol. The Morgan fingerprint density at radius 2 is 2.00 bits per heavy atom. The molecule has 0 bridgehead atoms. The summed E-state index contributed by atoms with van der Waals surface area (Å²) in [6.45, 7) is -1.41. The summed E-state index contributed by atoms with van der Waals surface area (Å²) in [6, 6.07) is 1.58. The van der Waals surface area contributed by atoms with Crippen LogP contribution in [0.2, 0.25) is 0 Å². The highest BCUT2D eigenvalue weighted by atomic mass is 19.4. The molecule has 102 valence electrons. The predicted molar refractivity (Wildman–Crippen MR) is 56.2 cm³/mol. The molecule has 0 atom stereocenters. The molecule has 1 rings (SSSR count). The van der Waals surface area contributed by atoms with Crippen LogP contribution in [0.25, 0.3) is 0 Å². The van der Waals surface area contributed by atoms with Gasteiger partial charge in [-0.3, -0.25) is 9.82 Å². The Morgan fingerprint density at radius 1 is 1.28 bits per heavy atom. The van der Waals surface area contributed by atoms with Gasteiger partial charge in [-0.15, -0.1) is 0 Å². The van der Waals surface area contributed by atoms with E-state index in [1.54, 1.807) is 6.07 Å². The van der Waals surface area contributed by atoms with Crippen molar-refractivity contribution in [2.45, 2.75) is 12.7 Å². The smallest absolute Gasteiger partial charge is 0.413 e. The first-order valence-corrected chi connectivity index (χ1v) is 4.95. The van der Waals surface area contributed by atoms with Crippen LogP contribution in [-0.4, -0.2) is 32.0 Å². The molecule has 0 saturated carbocycles. The van der Waals surface area contributed by atoms with E-state index in [0.29, 0.717) is 17.2 Å². The summed E-state index contributed by atoms with van der Waals surface area (Å²) in [5.41, 5.74) is 2.55. The highest BCUT2D eigenvalue weighted by Gasteiger charge is 2.27. The van der Waals surface area contributed by atoms with Crippen LogP contribution in [-0.2, 0) is 11.4 Å². The Kier molecular flexibility index (Phi) is 5.17. The predicted octanol–water partition coefficient (Wildman–Crippen LogP) is 1.68. The summed E-state index contributed by atoms with van der Waals surface area (Å²) in [4.78, 5) is 8.23. The molecule has 0 aliphatic rings. The van der Waals surface area contributed by atoms with Crippen LogP contribution in [0.3, 0.4) is 0 Å². The van der Waals surface area contributed by atoms with E-state index in [1.807, 2.05) is 0 Å². The summed E-state index contributed by atoms with van der Waals surface area (Å²) in [5.74, 6) is 0.795.